The van der Waals surface area contributed by atoms with Crippen molar-refractivity contribution in [3.8, 4) is 5.75 Å². The maximum absolute atomic E-state index is 5.80. The van der Waals surface area contributed by atoms with Gasteiger partial charge in [-0.1, -0.05) is 25.0 Å². The average Bonchev–Trinajstić information content (AvgIpc) is 3.04. The Hall–Kier alpha value is -1.06. The number of rotatable bonds is 5. The second-order valence-electron chi connectivity index (χ2n) is 7.01. The largest absolute Gasteiger partial charge is 0.491 e. The Kier molecular flexibility index (Phi) is 5.37. The summed E-state index contributed by atoms with van der Waals surface area (Å²) in [4.78, 5) is 2.70. The second-order valence-corrected chi connectivity index (χ2v) is 7.01. The highest BCUT2D eigenvalue weighted by Gasteiger charge is 2.31. The summed E-state index contributed by atoms with van der Waals surface area (Å²) in [7, 11) is 0. The molecule has 1 N–H and O–H groups in total. The molecule has 1 aliphatic carbocycles. The number of nitrogens with one attached hydrogen (secondary N) is 1. The molecule has 1 heterocycles. The molecule has 0 unspecified atom stereocenters. The van der Waals surface area contributed by atoms with Gasteiger partial charge in [0, 0.05) is 32.2 Å². The molecule has 3 heteroatoms. The third-order valence-electron chi connectivity index (χ3n) is 4.98. The lowest BCUT2D eigenvalue weighted by molar-refractivity contribution is 0.125. The van der Waals surface area contributed by atoms with Crippen molar-refractivity contribution in [1.29, 1.82) is 0 Å². The van der Waals surface area contributed by atoms with Crippen LogP contribution in [0.1, 0.15) is 51.1 Å². The topological polar surface area (TPSA) is 24.5 Å². The molecule has 1 aliphatic heterocycles. The van der Waals surface area contributed by atoms with Gasteiger partial charge in [0.25, 0.3) is 0 Å². The molecule has 122 valence electrons. The molecule has 0 amide bonds. The summed E-state index contributed by atoms with van der Waals surface area (Å²) < 4.78 is 5.80. The van der Waals surface area contributed by atoms with Gasteiger partial charge in [-0.15, -0.1) is 0 Å². The fraction of sp³-hybridized carbons (Fsp3) is 0.684. The fourth-order valence-electron chi connectivity index (χ4n) is 4.03. The third-order valence-corrected chi connectivity index (χ3v) is 4.98. The molecule has 0 spiro atoms. The fourth-order valence-corrected chi connectivity index (χ4v) is 4.03. The predicted molar refractivity (Wildman–Crippen MR) is 91.3 cm³/mol. The van der Waals surface area contributed by atoms with Crippen molar-refractivity contribution in [3.05, 3.63) is 29.8 Å². The minimum Gasteiger partial charge on any atom is -0.491 e. The first-order valence-corrected chi connectivity index (χ1v) is 8.95. The number of ether oxygens (including phenoxy) is 1. The van der Waals surface area contributed by atoms with Gasteiger partial charge in [-0.3, -0.25) is 4.90 Å². The molecule has 3 rings (SSSR count). The van der Waals surface area contributed by atoms with Crippen LogP contribution in [-0.4, -0.2) is 37.2 Å². The van der Waals surface area contributed by atoms with Gasteiger partial charge in [0.05, 0.1) is 6.10 Å². The monoisotopic (exact) mass is 302 g/mol. The van der Waals surface area contributed by atoms with E-state index < -0.39 is 0 Å². The average molecular weight is 302 g/mol. The highest BCUT2D eigenvalue weighted by atomic mass is 16.5. The van der Waals surface area contributed by atoms with E-state index in [1.807, 2.05) is 0 Å². The molecule has 1 atom stereocenters. The van der Waals surface area contributed by atoms with Gasteiger partial charge in [-0.05, 0) is 50.3 Å². The molecule has 22 heavy (non-hydrogen) atoms. The van der Waals surface area contributed by atoms with Gasteiger partial charge in [-0.25, -0.2) is 0 Å². The van der Waals surface area contributed by atoms with E-state index in [4.69, 9.17) is 4.74 Å². The zero-order chi connectivity index (χ0) is 15.4. The SMILES string of the molecule is CC(C)Oc1ccc([C@@H](C2CCCC2)N2CCNCC2)cc1. The normalized spacial score (nSPS) is 22.1. The van der Waals surface area contributed by atoms with E-state index in [2.05, 4.69) is 48.3 Å². The predicted octanol–water partition coefficient (Wildman–Crippen LogP) is 3.61. The molecule has 2 aliphatic rings. The maximum Gasteiger partial charge on any atom is 0.119 e. The minimum atomic E-state index is 0.240. The van der Waals surface area contributed by atoms with Gasteiger partial charge in [0.2, 0.25) is 0 Å². The summed E-state index contributed by atoms with van der Waals surface area (Å²) >= 11 is 0. The Morgan fingerprint density at radius 1 is 1.05 bits per heavy atom. The molecule has 0 aromatic heterocycles. The van der Waals surface area contributed by atoms with E-state index in [0.717, 1.165) is 24.8 Å². The Bertz CT molecular complexity index is 445. The highest BCUT2D eigenvalue weighted by molar-refractivity contribution is 5.30. The summed E-state index contributed by atoms with van der Waals surface area (Å²) in [6, 6.07) is 9.49. The van der Waals surface area contributed by atoms with Crippen molar-refractivity contribution in [2.75, 3.05) is 26.2 Å². The Morgan fingerprint density at radius 3 is 2.27 bits per heavy atom. The second kappa shape index (κ2) is 7.47. The summed E-state index contributed by atoms with van der Waals surface area (Å²) in [5, 5.41) is 3.48. The summed E-state index contributed by atoms with van der Waals surface area (Å²) in [5.41, 5.74) is 1.48. The summed E-state index contributed by atoms with van der Waals surface area (Å²) in [6.45, 7) is 8.75. The van der Waals surface area contributed by atoms with Crippen molar-refractivity contribution in [1.82, 2.24) is 10.2 Å². The van der Waals surface area contributed by atoms with Crippen molar-refractivity contribution in [2.24, 2.45) is 5.92 Å². The van der Waals surface area contributed by atoms with Crippen molar-refractivity contribution < 1.29 is 4.74 Å². The molecular weight excluding hydrogens is 272 g/mol. The van der Waals surface area contributed by atoms with E-state index in [-0.39, 0.29) is 6.10 Å². The van der Waals surface area contributed by atoms with E-state index in [1.54, 1.807) is 0 Å². The smallest absolute Gasteiger partial charge is 0.119 e. The van der Waals surface area contributed by atoms with Gasteiger partial charge in [0.1, 0.15) is 5.75 Å². The molecule has 1 saturated carbocycles. The van der Waals surface area contributed by atoms with Crippen LogP contribution in [0, 0.1) is 5.92 Å². The van der Waals surface area contributed by atoms with E-state index >= 15 is 0 Å². The lowest BCUT2D eigenvalue weighted by Crippen LogP contribution is -2.46. The van der Waals surface area contributed by atoms with E-state index in [1.165, 1.54) is 44.3 Å². The van der Waals surface area contributed by atoms with Gasteiger partial charge < -0.3 is 10.1 Å². The molecule has 0 radical (unpaired) electrons. The number of benzene rings is 1. The standard InChI is InChI=1S/C19H30N2O/c1-15(2)22-18-9-7-17(8-10-18)19(16-5-3-4-6-16)21-13-11-20-12-14-21/h7-10,15-16,19-20H,3-6,11-14H2,1-2H3/t19-/m1/s1. The molecular formula is C19H30N2O. The van der Waals surface area contributed by atoms with Crippen LogP contribution < -0.4 is 10.1 Å². The summed E-state index contributed by atoms with van der Waals surface area (Å²) in [5.74, 6) is 1.82. The lowest BCUT2D eigenvalue weighted by atomic mass is 9.89. The molecule has 1 aromatic rings. The number of hydrogen-bond donors (Lipinski definition) is 1. The van der Waals surface area contributed by atoms with Crippen LogP contribution in [0.5, 0.6) is 5.75 Å². The van der Waals surface area contributed by atoms with Crippen LogP contribution in [0.2, 0.25) is 0 Å². The number of hydrogen-bond acceptors (Lipinski definition) is 3. The lowest BCUT2D eigenvalue weighted by Gasteiger charge is -2.38. The van der Waals surface area contributed by atoms with E-state index in [0.29, 0.717) is 6.04 Å². The van der Waals surface area contributed by atoms with Crippen LogP contribution in [0.3, 0.4) is 0 Å². The molecule has 1 aromatic carbocycles. The quantitative estimate of drug-likeness (QED) is 0.899. The van der Waals surface area contributed by atoms with Gasteiger partial charge in [0.15, 0.2) is 0 Å². The Balaban J connectivity index is 1.78. The van der Waals surface area contributed by atoms with Crippen LogP contribution >= 0.6 is 0 Å². The Labute approximate surface area is 135 Å². The van der Waals surface area contributed by atoms with Gasteiger partial charge in [-0.2, -0.15) is 0 Å². The summed E-state index contributed by atoms with van der Waals surface area (Å²) in [6.07, 6.45) is 5.83. The first-order chi connectivity index (χ1) is 10.7. The van der Waals surface area contributed by atoms with Crippen molar-refractivity contribution in [3.63, 3.8) is 0 Å². The zero-order valence-corrected chi connectivity index (χ0v) is 14.1. The van der Waals surface area contributed by atoms with Gasteiger partial charge >= 0.3 is 0 Å². The number of nitrogens with zero attached hydrogens (tertiary/aromatic N) is 1. The molecule has 3 nitrogen and oxygen atoms in total. The first-order valence-electron chi connectivity index (χ1n) is 8.95. The minimum absolute atomic E-state index is 0.240. The number of piperazine rings is 1. The first kappa shape index (κ1) is 15.8. The van der Waals surface area contributed by atoms with Crippen LogP contribution in [0.25, 0.3) is 0 Å². The molecule has 1 saturated heterocycles. The van der Waals surface area contributed by atoms with Crippen LogP contribution in [0.4, 0.5) is 0 Å². The molecule has 0 bridgehead atoms. The third kappa shape index (κ3) is 3.82. The maximum atomic E-state index is 5.80. The van der Waals surface area contributed by atoms with Crippen LogP contribution in [-0.2, 0) is 0 Å². The van der Waals surface area contributed by atoms with E-state index in [9.17, 15) is 0 Å². The van der Waals surface area contributed by atoms with Crippen molar-refractivity contribution in [2.45, 2.75) is 51.7 Å². The zero-order valence-electron chi connectivity index (χ0n) is 14.1. The Morgan fingerprint density at radius 2 is 1.68 bits per heavy atom. The molecule has 2 fully saturated rings. The highest BCUT2D eigenvalue weighted by Crippen LogP contribution is 2.40. The van der Waals surface area contributed by atoms with Crippen molar-refractivity contribution >= 4 is 0 Å². The van der Waals surface area contributed by atoms with Crippen LogP contribution in [0.15, 0.2) is 24.3 Å².